The number of anilines is 2. The molecule has 0 bridgehead atoms. The third-order valence-corrected chi connectivity index (χ3v) is 4.26. The smallest absolute Gasteiger partial charge is 0.223 e. The van der Waals surface area contributed by atoms with E-state index < -0.39 is 0 Å². The Labute approximate surface area is 138 Å². The first kappa shape index (κ1) is 15.3. The standard InChI is InChI=1S/C15H17N7S/c1-8-4-5-11(9(2)18-8)12-6-7-17-15(20-12)19-10(3)13-21-22-14(16)23-13/h4-7,10H,1-3H3,(H2,16,22)(H,17,19,20)/t10-/m0/s1. The summed E-state index contributed by atoms with van der Waals surface area (Å²) in [5.41, 5.74) is 9.37. The fourth-order valence-corrected chi connectivity index (χ4v) is 2.83. The van der Waals surface area contributed by atoms with Crippen molar-refractivity contribution in [1.82, 2.24) is 25.1 Å². The van der Waals surface area contributed by atoms with Crippen LogP contribution < -0.4 is 11.1 Å². The van der Waals surface area contributed by atoms with Crippen molar-refractivity contribution in [1.29, 1.82) is 0 Å². The zero-order valence-corrected chi connectivity index (χ0v) is 13.9. The number of nitrogens with two attached hydrogens (primary N) is 1. The monoisotopic (exact) mass is 327 g/mol. The Bertz CT molecular complexity index is 830. The molecule has 3 aromatic rings. The van der Waals surface area contributed by atoms with Crippen molar-refractivity contribution < 1.29 is 0 Å². The van der Waals surface area contributed by atoms with E-state index in [0.29, 0.717) is 11.1 Å². The minimum atomic E-state index is -0.0720. The zero-order chi connectivity index (χ0) is 16.4. The highest BCUT2D eigenvalue weighted by atomic mass is 32.1. The Balaban J connectivity index is 1.85. The number of nitrogens with zero attached hydrogens (tertiary/aromatic N) is 5. The quantitative estimate of drug-likeness (QED) is 0.759. The lowest BCUT2D eigenvalue weighted by Gasteiger charge is -2.12. The molecule has 8 heteroatoms. The molecule has 0 aromatic carbocycles. The van der Waals surface area contributed by atoms with Gasteiger partial charge in [-0.15, -0.1) is 10.2 Å². The van der Waals surface area contributed by atoms with Crippen LogP contribution in [0.25, 0.3) is 11.3 Å². The summed E-state index contributed by atoms with van der Waals surface area (Å²) in [6.07, 6.45) is 1.73. The van der Waals surface area contributed by atoms with Crippen molar-refractivity contribution in [2.24, 2.45) is 0 Å². The maximum atomic E-state index is 5.62. The number of hydrogen-bond donors (Lipinski definition) is 2. The molecular weight excluding hydrogens is 310 g/mol. The van der Waals surface area contributed by atoms with Gasteiger partial charge in [0.2, 0.25) is 11.1 Å². The van der Waals surface area contributed by atoms with E-state index in [-0.39, 0.29) is 6.04 Å². The third kappa shape index (κ3) is 3.42. The largest absolute Gasteiger partial charge is 0.374 e. The second kappa shape index (κ2) is 6.25. The van der Waals surface area contributed by atoms with Crippen LogP contribution in [0.2, 0.25) is 0 Å². The van der Waals surface area contributed by atoms with Gasteiger partial charge >= 0.3 is 0 Å². The van der Waals surface area contributed by atoms with Crippen LogP contribution in [-0.4, -0.2) is 25.1 Å². The first-order chi connectivity index (χ1) is 11.0. The molecule has 1 atom stereocenters. The van der Waals surface area contributed by atoms with E-state index in [1.165, 1.54) is 11.3 Å². The minimum Gasteiger partial charge on any atom is -0.374 e. The fraction of sp³-hybridized carbons (Fsp3) is 0.267. The van der Waals surface area contributed by atoms with E-state index in [9.17, 15) is 0 Å². The fourth-order valence-electron chi connectivity index (χ4n) is 2.21. The van der Waals surface area contributed by atoms with E-state index >= 15 is 0 Å². The molecule has 7 nitrogen and oxygen atoms in total. The molecule has 0 aliphatic carbocycles. The second-order valence-electron chi connectivity index (χ2n) is 5.20. The molecule has 0 spiro atoms. The summed E-state index contributed by atoms with van der Waals surface area (Å²) in [6.45, 7) is 5.91. The molecule has 0 unspecified atom stereocenters. The average Bonchev–Trinajstić information content (AvgIpc) is 2.94. The van der Waals surface area contributed by atoms with Gasteiger partial charge in [-0.1, -0.05) is 11.3 Å². The van der Waals surface area contributed by atoms with Gasteiger partial charge in [-0.25, -0.2) is 9.97 Å². The zero-order valence-electron chi connectivity index (χ0n) is 13.1. The van der Waals surface area contributed by atoms with Gasteiger partial charge in [-0.2, -0.15) is 0 Å². The summed E-state index contributed by atoms with van der Waals surface area (Å²) < 4.78 is 0. The maximum absolute atomic E-state index is 5.62. The van der Waals surface area contributed by atoms with Gasteiger partial charge in [-0.05, 0) is 39.0 Å². The van der Waals surface area contributed by atoms with Crippen molar-refractivity contribution in [2.45, 2.75) is 26.8 Å². The number of nitrogen functional groups attached to an aromatic ring is 1. The van der Waals surface area contributed by atoms with Crippen LogP contribution in [-0.2, 0) is 0 Å². The molecule has 3 aromatic heterocycles. The minimum absolute atomic E-state index is 0.0720. The highest BCUT2D eigenvalue weighted by Gasteiger charge is 2.13. The number of hydrogen-bond acceptors (Lipinski definition) is 8. The van der Waals surface area contributed by atoms with Gasteiger partial charge in [0, 0.05) is 23.1 Å². The topological polar surface area (TPSA) is 102 Å². The summed E-state index contributed by atoms with van der Waals surface area (Å²) in [6, 6.07) is 5.80. The number of aromatic nitrogens is 5. The lowest BCUT2D eigenvalue weighted by molar-refractivity contribution is 0.824. The molecule has 0 fully saturated rings. The summed E-state index contributed by atoms with van der Waals surface area (Å²) in [5, 5.41) is 12.3. The van der Waals surface area contributed by atoms with Gasteiger partial charge in [0.1, 0.15) is 5.01 Å². The van der Waals surface area contributed by atoms with Gasteiger partial charge in [-0.3, -0.25) is 4.98 Å². The Morgan fingerprint density at radius 1 is 1.13 bits per heavy atom. The van der Waals surface area contributed by atoms with Crippen LogP contribution in [0.15, 0.2) is 24.4 Å². The molecule has 0 saturated heterocycles. The molecule has 3 rings (SSSR count). The first-order valence-electron chi connectivity index (χ1n) is 7.16. The average molecular weight is 327 g/mol. The Morgan fingerprint density at radius 3 is 2.65 bits per heavy atom. The van der Waals surface area contributed by atoms with Crippen LogP contribution >= 0.6 is 11.3 Å². The van der Waals surface area contributed by atoms with Gasteiger partial charge < -0.3 is 11.1 Å². The maximum Gasteiger partial charge on any atom is 0.223 e. The molecule has 3 N–H and O–H groups in total. The molecule has 118 valence electrons. The normalized spacial score (nSPS) is 12.1. The first-order valence-corrected chi connectivity index (χ1v) is 7.97. The lowest BCUT2D eigenvalue weighted by Crippen LogP contribution is -2.09. The van der Waals surface area contributed by atoms with Gasteiger partial charge in [0.05, 0.1) is 11.7 Å². The van der Waals surface area contributed by atoms with Crippen molar-refractivity contribution in [3.63, 3.8) is 0 Å². The molecular formula is C15H17N7S. The van der Waals surface area contributed by atoms with Crippen LogP contribution in [0.4, 0.5) is 11.1 Å². The number of pyridine rings is 1. The summed E-state index contributed by atoms with van der Waals surface area (Å²) in [7, 11) is 0. The van der Waals surface area contributed by atoms with Crippen LogP contribution in [0.5, 0.6) is 0 Å². The van der Waals surface area contributed by atoms with E-state index in [0.717, 1.165) is 27.7 Å². The summed E-state index contributed by atoms with van der Waals surface area (Å²) in [4.78, 5) is 13.3. The summed E-state index contributed by atoms with van der Waals surface area (Å²) in [5.74, 6) is 0.531. The lowest BCUT2D eigenvalue weighted by atomic mass is 10.1. The van der Waals surface area contributed by atoms with E-state index in [1.807, 2.05) is 39.0 Å². The molecule has 0 radical (unpaired) electrons. The predicted octanol–water partition coefficient (Wildman–Crippen LogP) is 2.76. The molecule has 0 aliphatic rings. The Hall–Kier alpha value is -2.61. The van der Waals surface area contributed by atoms with Crippen LogP contribution in [0.1, 0.15) is 29.4 Å². The highest BCUT2D eigenvalue weighted by molar-refractivity contribution is 7.15. The van der Waals surface area contributed by atoms with Crippen molar-refractivity contribution in [3.8, 4) is 11.3 Å². The van der Waals surface area contributed by atoms with Crippen molar-refractivity contribution in [2.75, 3.05) is 11.1 Å². The van der Waals surface area contributed by atoms with E-state index in [4.69, 9.17) is 5.73 Å². The third-order valence-electron chi connectivity index (χ3n) is 3.33. The van der Waals surface area contributed by atoms with E-state index in [1.54, 1.807) is 6.20 Å². The Kier molecular flexibility index (Phi) is 4.16. The molecule has 0 amide bonds. The molecule has 23 heavy (non-hydrogen) atoms. The predicted molar refractivity (Wildman–Crippen MR) is 91.1 cm³/mol. The Morgan fingerprint density at radius 2 is 1.96 bits per heavy atom. The van der Waals surface area contributed by atoms with Crippen LogP contribution in [0, 0.1) is 13.8 Å². The second-order valence-corrected chi connectivity index (χ2v) is 6.24. The van der Waals surface area contributed by atoms with Crippen molar-refractivity contribution >= 4 is 22.4 Å². The molecule has 0 aliphatic heterocycles. The SMILES string of the molecule is Cc1ccc(-c2ccnc(N[C@@H](C)c3nnc(N)s3)n2)c(C)n1. The number of rotatable bonds is 4. The van der Waals surface area contributed by atoms with Gasteiger partial charge in [0.25, 0.3) is 0 Å². The number of nitrogens with one attached hydrogen (secondary N) is 1. The van der Waals surface area contributed by atoms with E-state index in [2.05, 4.69) is 30.5 Å². The van der Waals surface area contributed by atoms with Crippen molar-refractivity contribution in [3.05, 3.63) is 40.8 Å². The van der Waals surface area contributed by atoms with Crippen LogP contribution in [0.3, 0.4) is 0 Å². The number of aryl methyl sites for hydroxylation is 2. The molecule has 0 saturated carbocycles. The highest BCUT2D eigenvalue weighted by Crippen LogP contribution is 2.24. The summed E-state index contributed by atoms with van der Waals surface area (Å²) >= 11 is 1.35. The van der Waals surface area contributed by atoms with Gasteiger partial charge in [0.15, 0.2) is 0 Å². The molecule has 3 heterocycles.